The number of carbonyl (C=O) groups excluding carboxylic acids is 1. The Morgan fingerprint density at radius 1 is 1.47 bits per heavy atom. The van der Waals surface area contributed by atoms with Crippen LogP contribution in [-0.2, 0) is 4.79 Å². The molecule has 0 bridgehead atoms. The van der Waals surface area contributed by atoms with Gasteiger partial charge in [0.05, 0.1) is 0 Å². The van der Waals surface area contributed by atoms with Gasteiger partial charge in [0.2, 0.25) is 5.91 Å². The molecule has 1 aromatic rings. The van der Waals surface area contributed by atoms with Crippen LogP contribution in [0.4, 0.5) is 5.82 Å². The lowest BCUT2D eigenvalue weighted by atomic mass is 9.57. The zero-order valence-corrected chi connectivity index (χ0v) is 9.60. The predicted molar refractivity (Wildman–Crippen MR) is 63.9 cm³/mol. The van der Waals surface area contributed by atoms with E-state index in [1.165, 1.54) is 0 Å². The summed E-state index contributed by atoms with van der Waals surface area (Å²) in [4.78, 5) is 17.9. The maximum Gasteiger partial charge on any atom is 0.237 e. The van der Waals surface area contributed by atoms with Crippen LogP contribution in [0.15, 0.2) is 24.4 Å². The van der Waals surface area contributed by atoms with Crippen molar-refractivity contribution in [3.8, 4) is 0 Å². The lowest BCUT2D eigenvalue weighted by Crippen LogP contribution is -2.64. The summed E-state index contributed by atoms with van der Waals surface area (Å²) in [5.74, 6) is 6.26. The molecule has 1 aliphatic carbocycles. The molecule has 1 aromatic heterocycles. The van der Waals surface area contributed by atoms with Crippen molar-refractivity contribution in [1.82, 2.24) is 10.4 Å². The van der Waals surface area contributed by atoms with Crippen molar-refractivity contribution in [1.29, 1.82) is 0 Å². The molecule has 2 fully saturated rings. The van der Waals surface area contributed by atoms with Crippen LogP contribution in [-0.4, -0.2) is 24.0 Å². The van der Waals surface area contributed by atoms with Gasteiger partial charge in [-0.15, -0.1) is 0 Å². The van der Waals surface area contributed by atoms with Gasteiger partial charge in [-0.2, -0.15) is 0 Å². The summed E-state index contributed by atoms with van der Waals surface area (Å²) in [6, 6.07) is 5.94. The van der Waals surface area contributed by atoms with E-state index in [2.05, 4.69) is 15.3 Å². The molecule has 5 heteroatoms. The highest BCUT2D eigenvalue weighted by molar-refractivity contribution is 5.79. The van der Waals surface area contributed by atoms with E-state index in [0.29, 0.717) is 5.41 Å². The number of rotatable bonds is 2. The Bertz CT molecular complexity index is 419. The zero-order valence-electron chi connectivity index (χ0n) is 9.60. The van der Waals surface area contributed by atoms with Gasteiger partial charge in [-0.05, 0) is 25.0 Å². The topological polar surface area (TPSA) is 71.2 Å². The molecule has 1 saturated carbocycles. The summed E-state index contributed by atoms with van der Waals surface area (Å²) in [5.41, 5.74) is 2.57. The average Bonchev–Trinajstić information content (AvgIpc) is 2.26. The largest absolute Gasteiger partial charge is 0.355 e. The van der Waals surface area contributed by atoms with Gasteiger partial charge in [-0.1, -0.05) is 6.07 Å². The molecule has 2 aliphatic rings. The molecule has 5 nitrogen and oxygen atoms in total. The first kappa shape index (κ1) is 10.5. The summed E-state index contributed by atoms with van der Waals surface area (Å²) in [5, 5.41) is 0. The number of nitrogens with one attached hydrogen (secondary N) is 1. The molecule has 3 N–H and O–H groups in total. The smallest absolute Gasteiger partial charge is 0.237 e. The number of pyridine rings is 1. The normalized spacial score (nSPS) is 21.8. The minimum atomic E-state index is -0.0214. The minimum absolute atomic E-state index is 0.0214. The number of aromatic nitrogens is 1. The molecule has 1 aliphatic heterocycles. The number of amides is 1. The number of hydrazine groups is 1. The molecule has 1 amide bonds. The van der Waals surface area contributed by atoms with E-state index in [9.17, 15) is 4.79 Å². The lowest BCUT2D eigenvalue weighted by molar-refractivity contribution is -0.133. The van der Waals surface area contributed by atoms with Crippen molar-refractivity contribution in [2.45, 2.75) is 12.8 Å². The SMILES string of the molecule is NNC(=O)C1CC2(C1)CN(c1ccccn1)C2. The van der Waals surface area contributed by atoms with Gasteiger partial charge in [0, 0.05) is 30.6 Å². The lowest BCUT2D eigenvalue weighted by Gasteiger charge is -2.58. The van der Waals surface area contributed by atoms with Crippen LogP contribution in [0.3, 0.4) is 0 Å². The van der Waals surface area contributed by atoms with Crippen LogP contribution >= 0.6 is 0 Å². The van der Waals surface area contributed by atoms with E-state index in [1.54, 1.807) is 0 Å². The number of hydrogen-bond donors (Lipinski definition) is 2. The third-order valence-electron chi connectivity index (χ3n) is 3.90. The maximum atomic E-state index is 11.3. The summed E-state index contributed by atoms with van der Waals surface area (Å²) in [6.07, 6.45) is 3.73. The van der Waals surface area contributed by atoms with E-state index < -0.39 is 0 Å². The standard InChI is InChI=1S/C12H16N4O/c13-15-11(17)9-5-12(6-9)7-16(8-12)10-3-1-2-4-14-10/h1-4,9H,5-8,13H2,(H,15,17). The fourth-order valence-electron chi connectivity index (χ4n) is 3.01. The molecule has 0 aromatic carbocycles. The fourth-order valence-corrected chi connectivity index (χ4v) is 3.01. The predicted octanol–water partition coefficient (Wildman–Crippen LogP) is 0.288. The van der Waals surface area contributed by atoms with E-state index in [4.69, 9.17) is 5.84 Å². The highest BCUT2D eigenvalue weighted by atomic mass is 16.2. The number of nitrogens with zero attached hydrogens (tertiary/aromatic N) is 2. The second-order valence-electron chi connectivity index (χ2n) is 5.16. The van der Waals surface area contributed by atoms with Gasteiger partial charge in [-0.25, -0.2) is 10.8 Å². The third-order valence-corrected chi connectivity index (χ3v) is 3.90. The molecule has 0 radical (unpaired) electrons. The second-order valence-corrected chi connectivity index (χ2v) is 5.16. The zero-order chi connectivity index (χ0) is 11.9. The van der Waals surface area contributed by atoms with Crippen molar-refractivity contribution < 1.29 is 4.79 Å². The molecule has 0 atom stereocenters. The maximum absolute atomic E-state index is 11.3. The first-order valence-corrected chi connectivity index (χ1v) is 5.89. The van der Waals surface area contributed by atoms with Gasteiger partial charge in [0.15, 0.2) is 0 Å². The summed E-state index contributed by atoms with van der Waals surface area (Å²) < 4.78 is 0. The molecular weight excluding hydrogens is 216 g/mol. The van der Waals surface area contributed by atoms with Crippen molar-refractivity contribution in [2.24, 2.45) is 17.2 Å². The number of anilines is 1. The van der Waals surface area contributed by atoms with Crippen LogP contribution in [0.25, 0.3) is 0 Å². The van der Waals surface area contributed by atoms with E-state index in [0.717, 1.165) is 31.7 Å². The number of carbonyl (C=O) groups is 1. The number of nitrogens with two attached hydrogens (primary N) is 1. The molecule has 1 spiro atoms. The molecule has 90 valence electrons. The second kappa shape index (κ2) is 3.70. The number of hydrogen-bond acceptors (Lipinski definition) is 4. The van der Waals surface area contributed by atoms with Crippen molar-refractivity contribution in [3.63, 3.8) is 0 Å². The summed E-state index contributed by atoms with van der Waals surface area (Å²) in [6.45, 7) is 2.02. The van der Waals surface area contributed by atoms with Crippen LogP contribution in [0.5, 0.6) is 0 Å². The molecule has 2 heterocycles. The van der Waals surface area contributed by atoms with Crippen molar-refractivity contribution in [2.75, 3.05) is 18.0 Å². The first-order valence-electron chi connectivity index (χ1n) is 5.89. The Morgan fingerprint density at radius 3 is 2.82 bits per heavy atom. The summed E-state index contributed by atoms with van der Waals surface area (Å²) in [7, 11) is 0. The van der Waals surface area contributed by atoms with Crippen LogP contribution in [0.1, 0.15) is 12.8 Å². The molecular formula is C12H16N4O. The van der Waals surface area contributed by atoms with E-state index >= 15 is 0 Å². The average molecular weight is 232 g/mol. The van der Waals surface area contributed by atoms with Gasteiger partial charge >= 0.3 is 0 Å². The minimum Gasteiger partial charge on any atom is -0.355 e. The Morgan fingerprint density at radius 2 is 2.24 bits per heavy atom. The van der Waals surface area contributed by atoms with Crippen molar-refractivity contribution in [3.05, 3.63) is 24.4 Å². The Balaban J connectivity index is 1.55. The van der Waals surface area contributed by atoms with Gasteiger partial charge < -0.3 is 4.90 Å². The monoisotopic (exact) mass is 232 g/mol. The van der Waals surface area contributed by atoms with Crippen LogP contribution in [0, 0.1) is 11.3 Å². The van der Waals surface area contributed by atoms with E-state index in [1.807, 2.05) is 24.4 Å². The van der Waals surface area contributed by atoms with Gasteiger partial charge in [0.1, 0.15) is 5.82 Å². The highest BCUT2D eigenvalue weighted by Crippen LogP contribution is 2.52. The quantitative estimate of drug-likeness (QED) is 0.437. The van der Waals surface area contributed by atoms with E-state index in [-0.39, 0.29) is 11.8 Å². The molecule has 1 saturated heterocycles. The Labute approximate surface area is 100.0 Å². The molecule has 17 heavy (non-hydrogen) atoms. The summed E-state index contributed by atoms with van der Waals surface area (Å²) >= 11 is 0. The fraction of sp³-hybridized carbons (Fsp3) is 0.500. The van der Waals surface area contributed by atoms with Crippen LogP contribution in [0.2, 0.25) is 0 Å². The van der Waals surface area contributed by atoms with Crippen LogP contribution < -0.4 is 16.2 Å². The third kappa shape index (κ3) is 1.67. The van der Waals surface area contributed by atoms with Gasteiger partial charge in [0.25, 0.3) is 0 Å². The highest BCUT2D eigenvalue weighted by Gasteiger charge is 2.54. The molecule has 0 unspecified atom stereocenters. The van der Waals surface area contributed by atoms with Crippen molar-refractivity contribution >= 4 is 11.7 Å². The first-order chi connectivity index (χ1) is 8.22. The van der Waals surface area contributed by atoms with Gasteiger partial charge in [-0.3, -0.25) is 10.2 Å². The Hall–Kier alpha value is -1.62. The molecule has 3 rings (SSSR count). The Kier molecular flexibility index (Phi) is 2.29.